The van der Waals surface area contributed by atoms with Crippen LogP contribution in [0.2, 0.25) is 0 Å². The summed E-state index contributed by atoms with van der Waals surface area (Å²) in [5.41, 5.74) is -2.08. The highest BCUT2D eigenvalue weighted by Gasteiger charge is 2.86. The van der Waals surface area contributed by atoms with Gasteiger partial charge >= 0.3 is 5.97 Å². The number of amides is 1. The third-order valence-corrected chi connectivity index (χ3v) is 6.52. The maximum absolute atomic E-state index is 12.9. The molecule has 1 aliphatic carbocycles. The monoisotopic (exact) mass is 313 g/mol. The van der Waals surface area contributed by atoms with E-state index in [1.807, 2.05) is 0 Å². The molecule has 4 rings (SSSR count). The van der Waals surface area contributed by atoms with E-state index in [0.717, 1.165) is 25.7 Å². The zero-order chi connectivity index (χ0) is 15.0. The quantitative estimate of drug-likeness (QED) is 0.611. The summed E-state index contributed by atoms with van der Waals surface area (Å²) in [7, 11) is 0. The largest absolute Gasteiger partial charge is 0.453 e. The van der Waals surface area contributed by atoms with Crippen LogP contribution in [0.1, 0.15) is 39.0 Å². The van der Waals surface area contributed by atoms with Crippen molar-refractivity contribution in [2.24, 2.45) is 11.8 Å². The van der Waals surface area contributed by atoms with Gasteiger partial charge in [-0.1, -0.05) is 12.8 Å². The minimum absolute atomic E-state index is 0.00632. The Balaban J connectivity index is 1.84. The second-order valence-electron chi connectivity index (χ2n) is 6.96. The number of hydrogen-bond donors (Lipinski definition) is 1. The van der Waals surface area contributed by atoms with Crippen LogP contribution in [-0.2, 0) is 14.3 Å². The van der Waals surface area contributed by atoms with E-state index in [0.29, 0.717) is 12.3 Å². The van der Waals surface area contributed by atoms with Crippen LogP contribution in [0.25, 0.3) is 0 Å². The predicted molar refractivity (Wildman–Crippen MR) is 74.7 cm³/mol. The molecule has 21 heavy (non-hydrogen) atoms. The van der Waals surface area contributed by atoms with E-state index in [-0.39, 0.29) is 17.9 Å². The minimum Gasteiger partial charge on any atom is -0.453 e. The lowest BCUT2D eigenvalue weighted by Crippen LogP contribution is -2.77. The highest BCUT2D eigenvalue weighted by molar-refractivity contribution is 6.18. The summed E-state index contributed by atoms with van der Waals surface area (Å²) in [6, 6.07) is -0.0197. The van der Waals surface area contributed by atoms with Crippen molar-refractivity contribution >= 4 is 23.5 Å². The average molecular weight is 314 g/mol. The molecule has 4 fully saturated rings. The van der Waals surface area contributed by atoms with Gasteiger partial charge in [0.05, 0.1) is 12.0 Å². The van der Waals surface area contributed by atoms with Gasteiger partial charge in [0.25, 0.3) is 0 Å². The van der Waals surface area contributed by atoms with Gasteiger partial charge in [-0.3, -0.25) is 4.79 Å². The van der Waals surface area contributed by atoms with E-state index < -0.39 is 29.1 Å². The first-order chi connectivity index (χ1) is 10.00. The normalized spacial score (nSPS) is 51.1. The van der Waals surface area contributed by atoms with E-state index in [4.69, 9.17) is 16.3 Å². The van der Waals surface area contributed by atoms with Crippen LogP contribution in [-0.4, -0.2) is 51.0 Å². The number of carbonyl (C=O) groups excluding carboxylic acids is 2. The Bertz CT molecular complexity index is 526. The third kappa shape index (κ3) is 1.26. The third-order valence-electron chi connectivity index (χ3n) is 6.30. The molecule has 0 bridgehead atoms. The molecule has 3 saturated heterocycles. The Hall–Kier alpha value is -0.810. The number of fused-ring (bicyclic) bond motifs is 2. The predicted octanol–water partition coefficient (Wildman–Crippen LogP) is 1.06. The molecule has 6 heteroatoms. The molecule has 3 heterocycles. The summed E-state index contributed by atoms with van der Waals surface area (Å²) in [6.07, 6.45) is 3.50. The van der Waals surface area contributed by atoms with E-state index in [2.05, 4.69) is 0 Å². The molecule has 5 nitrogen and oxygen atoms in total. The lowest BCUT2D eigenvalue weighted by Gasteiger charge is -2.53. The average Bonchev–Trinajstić information content (AvgIpc) is 2.83. The van der Waals surface area contributed by atoms with Gasteiger partial charge in [0.15, 0.2) is 5.60 Å². The van der Waals surface area contributed by atoms with Gasteiger partial charge in [-0.05, 0) is 26.2 Å². The van der Waals surface area contributed by atoms with Crippen molar-refractivity contribution in [3.8, 4) is 0 Å². The van der Waals surface area contributed by atoms with Gasteiger partial charge in [0.2, 0.25) is 11.4 Å². The molecule has 1 spiro atoms. The SMILES string of the molecule is C[C@@]12OC(=O)C13C(O)[C@H]1CCCC[C@H]1N3C(=O)[C@@H]2CCCl. The van der Waals surface area contributed by atoms with E-state index in [1.165, 1.54) is 0 Å². The zero-order valence-corrected chi connectivity index (χ0v) is 12.8. The van der Waals surface area contributed by atoms with E-state index in [9.17, 15) is 14.7 Å². The summed E-state index contributed by atoms with van der Waals surface area (Å²) in [5, 5.41) is 10.9. The van der Waals surface area contributed by atoms with Crippen LogP contribution in [0.5, 0.6) is 0 Å². The van der Waals surface area contributed by atoms with Crippen molar-refractivity contribution in [1.29, 1.82) is 0 Å². The van der Waals surface area contributed by atoms with Gasteiger partial charge in [-0.15, -0.1) is 11.6 Å². The fourth-order valence-electron chi connectivity index (χ4n) is 5.38. The Morgan fingerprint density at radius 2 is 2.10 bits per heavy atom. The standard InChI is InChI=1S/C15H20ClNO4/c1-14-9(6-7-16)12(19)17-10-5-3-2-4-8(10)11(18)15(14,17)13(20)21-14/h8-11,18H,2-7H2,1H3/t8-,9-,10+,11?,14-,15?/m0/s1. The summed E-state index contributed by atoms with van der Waals surface area (Å²) >= 11 is 5.84. The summed E-state index contributed by atoms with van der Waals surface area (Å²) < 4.78 is 5.45. The number of aliphatic hydroxyl groups excluding tert-OH is 1. The number of carbonyl (C=O) groups is 2. The molecule has 0 aromatic rings. The van der Waals surface area contributed by atoms with Crippen molar-refractivity contribution in [3.63, 3.8) is 0 Å². The first-order valence-electron chi connectivity index (χ1n) is 7.80. The van der Waals surface area contributed by atoms with Crippen molar-refractivity contribution in [2.45, 2.75) is 62.3 Å². The van der Waals surface area contributed by atoms with Crippen molar-refractivity contribution in [1.82, 2.24) is 4.90 Å². The lowest BCUT2D eigenvalue weighted by molar-refractivity contribution is -0.244. The van der Waals surface area contributed by atoms with Crippen LogP contribution in [0.15, 0.2) is 0 Å². The molecule has 6 atom stereocenters. The van der Waals surface area contributed by atoms with Crippen molar-refractivity contribution in [3.05, 3.63) is 0 Å². The van der Waals surface area contributed by atoms with Crippen LogP contribution in [0.3, 0.4) is 0 Å². The number of ether oxygens (including phenoxy) is 1. The molecule has 116 valence electrons. The van der Waals surface area contributed by atoms with Crippen molar-refractivity contribution in [2.75, 3.05) is 5.88 Å². The van der Waals surface area contributed by atoms with Crippen molar-refractivity contribution < 1.29 is 19.4 Å². The Morgan fingerprint density at radius 3 is 2.76 bits per heavy atom. The first kappa shape index (κ1) is 13.8. The zero-order valence-electron chi connectivity index (χ0n) is 12.0. The number of rotatable bonds is 2. The molecule has 4 aliphatic rings. The maximum atomic E-state index is 12.9. The molecule has 1 saturated carbocycles. The molecule has 0 aromatic carbocycles. The van der Waals surface area contributed by atoms with E-state index in [1.54, 1.807) is 11.8 Å². The van der Waals surface area contributed by atoms with E-state index >= 15 is 0 Å². The van der Waals surface area contributed by atoms with Gasteiger partial charge in [0, 0.05) is 17.8 Å². The molecular weight excluding hydrogens is 294 g/mol. The number of hydrogen-bond acceptors (Lipinski definition) is 4. The number of nitrogens with zero attached hydrogens (tertiary/aromatic N) is 1. The van der Waals surface area contributed by atoms with Gasteiger partial charge in [0.1, 0.15) is 0 Å². The highest BCUT2D eigenvalue weighted by Crippen LogP contribution is 2.63. The second kappa shape index (κ2) is 4.13. The fraction of sp³-hybridized carbons (Fsp3) is 0.867. The van der Waals surface area contributed by atoms with Crippen LogP contribution in [0, 0.1) is 11.8 Å². The molecule has 3 aliphatic heterocycles. The number of halogens is 1. The Kier molecular flexibility index (Phi) is 2.72. The lowest BCUT2D eigenvalue weighted by atomic mass is 9.66. The smallest absolute Gasteiger partial charge is 0.339 e. The first-order valence-corrected chi connectivity index (χ1v) is 8.34. The summed E-state index contributed by atoms with van der Waals surface area (Å²) in [5.74, 6) is -0.565. The summed E-state index contributed by atoms with van der Waals surface area (Å²) in [4.78, 5) is 27.0. The maximum Gasteiger partial charge on any atom is 0.339 e. The molecule has 2 unspecified atom stereocenters. The fourth-order valence-corrected chi connectivity index (χ4v) is 5.60. The molecule has 1 N–H and O–H groups in total. The second-order valence-corrected chi connectivity index (χ2v) is 7.34. The Labute approximate surface area is 128 Å². The van der Waals surface area contributed by atoms with Crippen LogP contribution < -0.4 is 0 Å². The number of esters is 1. The van der Waals surface area contributed by atoms with Gasteiger partial charge in [-0.25, -0.2) is 4.79 Å². The van der Waals surface area contributed by atoms with Crippen LogP contribution >= 0.6 is 11.6 Å². The number of alkyl halides is 1. The molecular formula is C15H20ClNO4. The summed E-state index contributed by atoms with van der Waals surface area (Å²) in [6.45, 7) is 1.80. The Morgan fingerprint density at radius 1 is 1.38 bits per heavy atom. The highest BCUT2D eigenvalue weighted by atomic mass is 35.5. The van der Waals surface area contributed by atoms with Gasteiger partial charge in [-0.2, -0.15) is 0 Å². The van der Waals surface area contributed by atoms with Crippen LogP contribution in [0.4, 0.5) is 0 Å². The molecule has 0 radical (unpaired) electrons. The molecule has 1 amide bonds. The van der Waals surface area contributed by atoms with Gasteiger partial charge < -0.3 is 14.7 Å². The topological polar surface area (TPSA) is 66.8 Å². The number of aliphatic hydroxyl groups is 1. The molecule has 0 aromatic heterocycles. The minimum atomic E-state index is -1.15.